The molecule has 1 aromatic heterocycles. The minimum Gasteiger partial charge on any atom is -0.379 e. The first kappa shape index (κ1) is 31.6. The summed E-state index contributed by atoms with van der Waals surface area (Å²) in [5.74, 6) is -0.367. The fourth-order valence-corrected chi connectivity index (χ4v) is 6.52. The van der Waals surface area contributed by atoms with Crippen molar-refractivity contribution < 1.29 is 22.9 Å². The van der Waals surface area contributed by atoms with Crippen LogP contribution in [0.25, 0.3) is 5.57 Å². The topological polar surface area (TPSA) is 160 Å². The first-order valence-electron chi connectivity index (χ1n) is 14.0. The van der Waals surface area contributed by atoms with E-state index in [1.807, 2.05) is 41.1 Å². The summed E-state index contributed by atoms with van der Waals surface area (Å²) in [4.78, 5) is 41.6. The molecule has 2 heterocycles. The van der Waals surface area contributed by atoms with Crippen LogP contribution in [-0.2, 0) is 10.0 Å². The number of hydrogen-bond donors (Lipinski definition) is 3. The van der Waals surface area contributed by atoms with Crippen molar-refractivity contribution in [1.29, 1.82) is 0 Å². The number of anilines is 1. The summed E-state index contributed by atoms with van der Waals surface area (Å²) in [5, 5.41) is 17.9. The molecular weight excluding hydrogens is 615 g/mol. The molecule has 1 aliphatic heterocycles. The Morgan fingerprint density at radius 1 is 1.00 bits per heavy atom. The molecule has 1 amide bonds. The highest BCUT2D eigenvalue weighted by Gasteiger charge is 2.26. The molecule has 0 saturated heterocycles. The van der Waals surface area contributed by atoms with Gasteiger partial charge in [-0.1, -0.05) is 42.5 Å². The Kier molecular flexibility index (Phi) is 10.0. The van der Waals surface area contributed by atoms with Crippen LogP contribution in [0.5, 0.6) is 0 Å². The lowest BCUT2D eigenvalue weighted by Crippen LogP contribution is -2.40. The molecule has 45 heavy (non-hydrogen) atoms. The van der Waals surface area contributed by atoms with Gasteiger partial charge in [-0.05, 0) is 66.1 Å². The second-order valence-corrected chi connectivity index (χ2v) is 12.9. The second-order valence-electron chi connectivity index (χ2n) is 10.0. The Morgan fingerprint density at radius 2 is 1.76 bits per heavy atom. The molecular formula is C32H29N5O6S2. The number of hydrogen-bond acceptors (Lipinski definition) is 10. The van der Waals surface area contributed by atoms with Crippen molar-refractivity contribution in [1.82, 2.24) is 15.0 Å². The zero-order valence-electron chi connectivity index (χ0n) is 23.9. The molecule has 1 atom stereocenters. The number of benzene rings is 3. The van der Waals surface area contributed by atoms with Crippen molar-refractivity contribution in [3.8, 4) is 0 Å². The summed E-state index contributed by atoms with van der Waals surface area (Å²) >= 11 is 1.58. The molecule has 0 radical (unpaired) electrons. The number of aromatic nitrogens is 1. The molecule has 3 aromatic carbocycles. The number of amides is 1. The molecule has 0 saturated carbocycles. The first-order chi connectivity index (χ1) is 21.7. The van der Waals surface area contributed by atoms with E-state index in [9.17, 15) is 28.1 Å². The van der Waals surface area contributed by atoms with Crippen molar-refractivity contribution in [2.75, 3.05) is 24.2 Å². The van der Waals surface area contributed by atoms with Crippen molar-refractivity contribution in [3.05, 3.63) is 130 Å². The van der Waals surface area contributed by atoms with E-state index in [4.69, 9.17) is 0 Å². The van der Waals surface area contributed by atoms with Gasteiger partial charge in [0.1, 0.15) is 11.4 Å². The Morgan fingerprint density at radius 3 is 2.47 bits per heavy atom. The Labute approximate surface area is 264 Å². The Bertz CT molecular complexity index is 1830. The maximum Gasteiger partial charge on any atom is 0.293 e. The quantitative estimate of drug-likeness (QED) is 0.0634. The molecule has 0 spiro atoms. The third-order valence-corrected chi connectivity index (χ3v) is 9.36. The minimum absolute atomic E-state index is 0.0849. The van der Waals surface area contributed by atoms with Gasteiger partial charge in [-0.15, -0.1) is 11.8 Å². The van der Waals surface area contributed by atoms with Crippen LogP contribution in [0.2, 0.25) is 0 Å². The molecule has 3 N–H and O–H groups in total. The summed E-state index contributed by atoms with van der Waals surface area (Å²) < 4.78 is 28.0. The smallest absolute Gasteiger partial charge is 0.293 e. The van der Waals surface area contributed by atoms with Crippen LogP contribution in [0.4, 0.5) is 11.4 Å². The van der Waals surface area contributed by atoms with Crippen LogP contribution < -0.4 is 15.4 Å². The van der Waals surface area contributed by atoms with Gasteiger partial charge in [-0.25, -0.2) is 13.1 Å². The standard InChI is InChI=1S/C32H29N5O6S2/c38-31(28-8-4-5-16-33-28)29-20-24(15-17-34-29)22-9-11-23(12-10-22)32(39)36-45(42,43)26-13-14-27(30(21-26)37(40)41)35-18-19-44-25-6-2-1-3-7-25/h1-16,21,29,34-35H,17-20H2,(H,36,39). The summed E-state index contributed by atoms with van der Waals surface area (Å²) in [5.41, 5.74) is 1.90. The van der Waals surface area contributed by atoms with Crippen molar-refractivity contribution >= 4 is 50.4 Å². The molecule has 0 aliphatic carbocycles. The zero-order valence-corrected chi connectivity index (χ0v) is 25.5. The third-order valence-electron chi connectivity index (χ3n) is 7.02. The van der Waals surface area contributed by atoms with E-state index in [1.165, 1.54) is 24.3 Å². The number of nitro groups is 1. The number of sulfonamides is 1. The number of thioether (sulfide) groups is 1. The monoisotopic (exact) mass is 643 g/mol. The number of carbonyl (C=O) groups excluding carboxylic acids is 2. The number of ketones is 1. The lowest BCUT2D eigenvalue weighted by Gasteiger charge is -2.23. The number of nitro benzene ring substituents is 1. The largest absolute Gasteiger partial charge is 0.379 e. The minimum atomic E-state index is -4.41. The number of carbonyl (C=O) groups is 2. The van der Waals surface area contributed by atoms with Gasteiger partial charge < -0.3 is 10.6 Å². The highest BCUT2D eigenvalue weighted by Crippen LogP contribution is 2.29. The van der Waals surface area contributed by atoms with Gasteiger partial charge in [0.05, 0.1) is 15.9 Å². The predicted molar refractivity (Wildman–Crippen MR) is 173 cm³/mol. The Balaban J connectivity index is 1.21. The zero-order chi connectivity index (χ0) is 31.8. The number of nitrogens with one attached hydrogen (secondary N) is 3. The van der Waals surface area contributed by atoms with Crippen LogP contribution in [0.15, 0.2) is 113 Å². The number of Topliss-reactive ketones (excluding diaryl/α,β-unsaturated/α-hetero) is 1. The van der Waals surface area contributed by atoms with E-state index < -0.39 is 37.5 Å². The van der Waals surface area contributed by atoms with E-state index in [0.717, 1.165) is 22.1 Å². The molecule has 230 valence electrons. The van der Waals surface area contributed by atoms with Crippen LogP contribution in [0, 0.1) is 10.1 Å². The van der Waals surface area contributed by atoms with Crippen LogP contribution >= 0.6 is 11.8 Å². The normalized spacial score (nSPS) is 14.7. The van der Waals surface area contributed by atoms with Crippen LogP contribution in [0.1, 0.15) is 32.8 Å². The predicted octanol–water partition coefficient (Wildman–Crippen LogP) is 4.94. The molecule has 1 aliphatic rings. The van der Waals surface area contributed by atoms with Crippen LogP contribution in [0.3, 0.4) is 0 Å². The second kappa shape index (κ2) is 14.3. The number of rotatable bonds is 12. The molecule has 13 heteroatoms. The summed E-state index contributed by atoms with van der Waals surface area (Å²) in [7, 11) is -4.41. The maximum absolute atomic E-state index is 13.0. The van der Waals surface area contributed by atoms with Crippen molar-refractivity contribution in [3.63, 3.8) is 0 Å². The van der Waals surface area contributed by atoms with Gasteiger partial charge in [-0.2, -0.15) is 0 Å². The molecule has 0 bridgehead atoms. The average Bonchev–Trinajstić information content (AvgIpc) is 3.07. The van der Waals surface area contributed by atoms with Gasteiger partial charge in [0.15, 0.2) is 5.78 Å². The third kappa shape index (κ3) is 8.01. The average molecular weight is 644 g/mol. The van der Waals surface area contributed by atoms with Crippen molar-refractivity contribution in [2.24, 2.45) is 0 Å². The lowest BCUT2D eigenvalue weighted by molar-refractivity contribution is -0.384. The highest BCUT2D eigenvalue weighted by molar-refractivity contribution is 7.99. The first-order valence-corrected chi connectivity index (χ1v) is 16.4. The Hall–Kier alpha value is -4.85. The maximum atomic E-state index is 13.0. The summed E-state index contributed by atoms with van der Waals surface area (Å²) in [6.45, 7) is 0.889. The van der Waals surface area contributed by atoms with Crippen LogP contribution in [-0.4, -0.2) is 54.9 Å². The van der Waals surface area contributed by atoms with Gasteiger partial charge in [0.25, 0.3) is 21.6 Å². The molecule has 1 unspecified atom stereocenters. The van der Waals surface area contributed by atoms with Gasteiger partial charge in [-0.3, -0.25) is 24.7 Å². The van der Waals surface area contributed by atoms with E-state index in [0.29, 0.717) is 31.0 Å². The fraction of sp³-hybridized carbons (Fsp3) is 0.156. The van der Waals surface area contributed by atoms with Crippen molar-refractivity contribution in [2.45, 2.75) is 22.3 Å². The lowest BCUT2D eigenvalue weighted by atomic mass is 9.92. The van der Waals surface area contributed by atoms with E-state index in [2.05, 4.69) is 15.6 Å². The number of pyridine rings is 1. The van der Waals surface area contributed by atoms with Gasteiger partial charge in [0.2, 0.25) is 0 Å². The SMILES string of the molecule is O=C(NS(=O)(=O)c1ccc(NCCSc2ccccc2)c([N+](=O)[O-])c1)c1ccc(C2=CCNC(C(=O)c3ccccn3)C2)cc1. The highest BCUT2D eigenvalue weighted by atomic mass is 32.2. The van der Waals surface area contributed by atoms with E-state index in [-0.39, 0.29) is 17.0 Å². The number of nitrogens with zero attached hydrogens (tertiary/aromatic N) is 2. The molecule has 0 fully saturated rings. The van der Waals surface area contributed by atoms with Gasteiger partial charge in [0, 0.05) is 41.6 Å². The van der Waals surface area contributed by atoms with Gasteiger partial charge >= 0.3 is 0 Å². The molecule has 5 rings (SSSR count). The summed E-state index contributed by atoms with van der Waals surface area (Å²) in [6, 6.07) is 24.2. The molecule has 11 nitrogen and oxygen atoms in total. The van der Waals surface area contributed by atoms with E-state index >= 15 is 0 Å². The fourth-order valence-electron chi connectivity index (χ4n) is 4.73. The molecule has 4 aromatic rings. The van der Waals surface area contributed by atoms with E-state index in [1.54, 1.807) is 48.3 Å². The summed E-state index contributed by atoms with van der Waals surface area (Å²) in [6.07, 6.45) is 3.94.